The Morgan fingerprint density at radius 3 is 2.65 bits per heavy atom. The number of nitrogens with zero attached hydrogens (tertiary/aromatic N) is 4. The molecule has 0 atom stereocenters. The maximum Gasteiger partial charge on any atom is 0.209 e. The van der Waals surface area contributed by atoms with Gasteiger partial charge in [-0.25, -0.2) is 4.68 Å². The Labute approximate surface area is 122 Å². The minimum atomic E-state index is -0.341. The van der Waals surface area contributed by atoms with Crippen LogP contribution >= 0.6 is 11.8 Å². The maximum atomic E-state index is 5.15. The van der Waals surface area contributed by atoms with E-state index in [1.807, 2.05) is 18.2 Å². The van der Waals surface area contributed by atoms with E-state index in [2.05, 4.69) is 27.7 Å². The van der Waals surface area contributed by atoms with Gasteiger partial charge in [0.05, 0.1) is 6.54 Å². The topological polar surface area (TPSA) is 62.1 Å². The fraction of sp³-hybridized carbons (Fsp3) is 0.462. The van der Waals surface area contributed by atoms with E-state index in [0.29, 0.717) is 6.54 Å². The average molecular weight is 294 g/mol. The van der Waals surface area contributed by atoms with Gasteiger partial charge in [0, 0.05) is 20.0 Å². The lowest BCUT2D eigenvalue weighted by Gasteiger charge is -2.13. The van der Waals surface area contributed by atoms with Gasteiger partial charge in [-0.05, 0) is 22.4 Å². The van der Waals surface area contributed by atoms with Gasteiger partial charge in [-0.1, -0.05) is 42.1 Å². The summed E-state index contributed by atoms with van der Waals surface area (Å²) in [5, 5.41) is 12.5. The second kappa shape index (κ2) is 7.98. The molecule has 0 amide bonds. The third-order valence-electron chi connectivity index (χ3n) is 2.81. The van der Waals surface area contributed by atoms with Crippen molar-refractivity contribution in [3.63, 3.8) is 0 Å². The van der Waals surface area contributed by atoms with Gasteiger partial charge in [-0.15, -0.1) is 5.10 Å². The number of aryl methyl sites for hydroxylation is 1. The highest BCUT2D eigenvalue weighted by atomic mass is 32.2. The molecule has 0 N–H and O–H groups in total. The number of thioether (sulfide) groups is 1. The number of hydrogen-bond acceptors (Lipinski definition) is 6. The molecular formula is C13H18N4O2S. The Morgan fingerprint density at radius 1 is 1.20 bits per heavy atom. The monoisotopic (exact) mass is 294 g/mol. The van der Waals surface area contributed by atoms with Crippen LogP contribution < -0.4 is 0 Å². The molecule has 108 valence electrons. The van der Waals surface area contributed by atoms with Crippen molar-refractivity contribution in [3.05, 3.63) is 35.9 Å². The van der Waals surface area contributed by atoms with Crippen LogP contribution in [-0.2, 0) is 22.4 Å². The van der Waals surface area contributed by atoms with Crippen molar-refractivity contribution >= 4 is 11.8 Å². The molecule has 0 bridgehead atoms. The van der Waals surface area contributed by atoms with Crippen molar-refractivity contribution in [2.45, 2.75) is 24.4 Å². The smallest absolute Gasteiger partial charge is 0.209 e. The molecule has 0 aliphatic carbocycles. The van der Waals surface area contributed by atoms with E-state index in [1.165, 1.54) is 5.56 Å². The van der Waals surface area contributed by atoms with Gasteiger partial charge in [0.25, 0.3) is 0 Å². The lowest BCUT2D eigenvalue weighted by atomic mass is 10.2. The summed E-state index contributed by atoms with van der Waals surface area (Å²) in [6.07, 6.45) is 0.642. The number of benzene rings is 1. The van der Waals surface area contributed by atoms with Crippen LogP contribution in [0.3, 0.4) is 0 Å². The number of rotatable bonds is 8. The average Bonchev–Trinajstić information content (AvgIpc) is 2.93. The van der Waals surface area contributed by atoms with E-state index in [1.54, 1.807) is 30.7 Å². The quantitative estimate of drug-likeness (QED) is 0.545. The molecular weight excluding hydrogens is 276 g/mol. The lowest BCUT2D eigenvalue weighted by Crippen LogP contribution is -2.22. The first-order valence-corrected chi connectivity index (χ1v) is 7.30. The second-order valence-electron chi connectivity index (χ2n) is 4.13. The molecule has 7 heteroatoms. The van der Waals surface area contributed by atoms with E-state index in [0.717, 1.165) is 17.3 Å². The molecule has 1 aromatic heterocycles. The molecule has 6 nitrogen and oxygen atoms in total. The number of aromatic nitrogens is 4. The van der Waals surface area contributed by atoms with Crippen molar-refractivity contribution < 1.29 is 9.47 Å². The molecule has 2 rings (SSSR count). The van der Waals surface area contributed by atoms with Crippen LogP contribution in [0.15, 0.2) is 35.5 Å². The van der Waals surface area contributed by atoms with Gasteiger partial charge >= 0.3 is 0 Å². The number of ether oxygens (including phenoxy) is 2. The van der Waals surface area contributed by atoms with Gasteiger partial charge in [0.15, 0.2) is 6.29 Å². The number of hydrogen-bond donors (Lipinski definition) is 0. The molecule has 1 aromatic carbocycles. The van der Waals surface area contributed by atoms with Gasteiger partial charge < -0.3 is 9.47 Å². The molecule has 0 saturated heterocycles. The van der Waals surface area contributed by atoms with E-state index in [4.69, 9.17) is 9.47 Å². The molecule has 0 aliphatic heterocycles. The highest BCUT2D eigenvalue weighted by Gasteiger charge is 2.12. The molecule has 0 saturated carbocycles. The molecule has 0 fully saturated rings. The van der Waals surface area contributed by atoms with Crippen molar-refractivity contribution in [3.8, 4) is 0 Å². The Bertz CT molecular complexity index is 502. The van der Waals surface area contributed by atoms with Gasteiger partial charge in [0.1, 0.15) is 0 Å². The lowest BCUT2D eigenvalue weighted by molar-refractivity contribution is -0.113. The van der Waals surface area contributed by atoms with Gasteiger partial charge in [-0.3, -0.25) is 0 Å². The van der Waals surface area contributed by atoms with Crippen LogP contribution in [-0.4, -0.2) is 46.5 Å². The molecule has 0 unspecified atom stereocenters. The zero-order valence-electron chi connectivity index (χ0n) is 11.6. The van der Waals surface area contributed by atoms with Crippen molar-refractivity contribution in [2.75, 3.05) is 20.0 Å². The first-order valence-electron chi connectivity index (χ1n) is 6.32. The minimum Gasteiger partial charge on any atom is -0.354 e. The minimum absolute atomic E-state index is 0.341. The zero-order chi connectivity index (χ0) is 14.2. The van der Waals surface area contributed by atoms with Gasteiger partial charge in [-0.2, -0.15) is 0 Å². The second-order valence-corrected chi connectivity index (χ2v) is 5.19. The molecule has 0 aliphatic rings. The summed E-state index contributed by atoms with van der Waals surface area (Å²) in [7, 11) is 3.20. The van der Waals surface area contributed by atoms with Crippen LogP contribution in [0.5, 0.6) is 0 Å². The van der Waals surface area contributed by atoms with E-state index >= 15 is 0 Å². The third kappa shape index (κ3) is 4.29. The summed E-state index contributed by atoms with van der Waals surface area (Å²) in [5.41, 5.74) is 1.31. The highest BCUT2D eigenvalue weighted by molar-refractivity contribution is 7.99. The van der Waals surface area contributed by atoms with E-state index < -0.39 is 0 Å². The molecule has 1 heterocycles. The first-order chi connectivity index (χ1) is 9.83. The number of tetrazole rings is 1. The molecule has 20 heavy (non-hydrogen) atoms. The van der Waals surface area contributed by atoms with Crippen molar-refractivity contribution in [1.29, 1.82) is 0 Å². The Kier molecular flexibility index (Phi) is 5.97. The fourth-order valence-electron chi connectivity index (χ4n) is 1.71. The largest absolute Gasteiger partial charge is 0.354 e. The van der Waals surface area contributed by atoms with E-state index in [-0.39, 0.29) is 6.29 Å². The normalized spacial score (nSPS) is 11.2. The molecule has 0 radical (unpaired) electrons. The summed E-state index contributed by atoms with van der Waals surface area (Å²) in [6.45, 7) is 0.480. The maximum absolute atomic E-state index is 5.15. The summed E-state index contributed by atoms with van der Waals surface area (Å²) in [6, 6.07) is 10.4. The van der Waals surface area contributed by atoms with Gasteiger partial charge in [0.2, 0.25) is 5.16 Å². The summed E-state index contributed by atoms with van der Waals surface area (Å²) in [5.74, 6) is 0.926. The Balaban J connectivity index is 1.86. The Hall–Kier alpha value is -1.44. The summed E-state index contributed by atoms with van der Waals surface area (Å²) >= 11 is 1.63. The summed E-state index contributed by atoms with van der Waals surface area (Å²) < 4.78 is 12.0. The standard InChI is InChI=1S/C13H18N4O2S/c1-18-12(19-2)10-17-13(14-15-16-17)20-9-8-11-6-4-3-5-7-11/h3-7,12H,8-10H2,1-2H3. The molecule has 0 spiro atoms. The molecule has 2 aromatic rings. The fourth-order valence-corrected chi connectivity index (χ4v) is 2.58. The highest BCUT2D eigenvalue weighted by Crippen LogP contribution is 2.16. The van der Waals surface area contributed by atoms with Crippen molar-refractivity contribution in [1.82, 2.24) is 20.2 Å². The van der Waals surface area contributed by atoms with Crippen LogP contribution in [0.2, 0.25) is 0 Å². The van der Waals surface area contributed by atoms with Crippen LogP contribution in [0, 0.1) is 0 Å². The number of methoxy groups -OCH3 is 2. The van der Waals surface area contributed by atoms with Crippen LogP contribution in [0.4, 0.5) is 0 Å². The third-order valence-corrected chi connectivity index (χ3v) is 3.77. The summed E-state index contributed by atoms with van der Waals surface area (Å²) in [4.78, 5) is 0. The SMILES string of the molecule is COC(Cn1nnnc1SCCc1ccccc1)OC. The van der Waals surface area contributed by atoms with Crippen molar-refractivity contribution in [2.24, 2.45) is 0 Å². The Morgan fingerprint density at radius 2 is 1.95 bits per heavy atom. The predicted molar refractivity (Wildman–Crippen MR) is 76.5 cm³/mol. The van der Waals surface area contributed by atoms with E-state index in [9.17, 15) is 0 Å². The van der Waals surface area contributed by atoms with Crippen LogP contribution in [0.25, 0.3) is 0 Å². The van der Waals surface area contributed by atoms with Crippen LogP contribution in [0.1, 0.15) is 5.56 Å². The first kappa shape index (κ1) is 15.0. The zero-order valence-corrected chi connectivity index (χ0v) is 12.4. The predicted octanol–water partition coefficient (Wildman–Crippen LogP) is 1.63.